The van der Waals surface area contributed by atoms with Crippen molar-refractivity contribution in [3.8, 4) is 0 Å². The van der Waals surface area contributed by atoms with Crippen LogP contribution >= 0.6 is 0 Å². The van der Waals surface area contributed by atoms with Crippen molar-refractivity contribution in [1.29, 1.82) is 0 Å². The van der Waals surface area contributed by atoms with Crippen LogP contribution < -0.4 is 16.2 Å². The Bertz CT molecular complexity index is 442. The van der Waals surface area contributed by atoms with Crippen molar-refractivity contribution in [2.75, 3.05) is 13.1 Å². The molecule has 3 rings (SSSR count). The van der Waals surface area contributed by atoms with E-state index in [-0.39, 0.29) is 11.9 Å². The molecular formula is C16H24FN3. The van der Waals surface area contributed by atoms with Crippen LogP contribution in [0.1, 0.15) is 44.2 Å². The molecule has 0 bridgehead atoms. The van der Waals surface area contributed by atoms with Crippen LogP contribution in [0.15, 0.2) is 24.3 Å². The average Bonchev–Trinajstić information content (AvgIpc) is 3.05. The van der Waals surface area contributed by atoms with E-state index in [2.05, 4.69) is 23.1 Å². The van der Waals surface area contributed by atoms with Crippen molar-refractivity contribution in [3.63, 3.8) is 0 Å². The summed E-state index contributed by atoms with van der Waals surface area (Å²) in [5, 5.41) is 3.77. The van der Waals surface area contributed by atoms with Crippen molar-refractivity contribution < 1.29 is 4.39 Å². The first-order valence-electron chi connectivity index (χ1n) is 7.71. The van der Waals surface area contributed by atoms with Crippen molar-refractivity contribution in [3.05, 3.63) is 35.6 Å². The summed E-state index contributed by atoms with van der Waals surface area (Å²) in [4.78, 5) is 0. The van der Waals surface area contributed by atoms with Gasteiger partial charge in [-0.1, -0.05) is 25.5 Å². The van der Waals surface area contributed by atoms with Crippen LogP contribution in [0.25, 0.3) is 0 Å². The van der Waals surface area contributed by atoms with Crippen molar-refractivity contribution in [2.24, 2.45) is 5.92 Å². The summed E-state index contributed by atoms with van der Waals surface area (Å²) in [6.45, 7) is 4.22. The zero-order valence-electron chi connectivity index (χ0n) is 12.1. The number of rotatable bonds is 6. The molecule has 0 radical (unpaired) electrons. The van der Waals surface area contributed by atoms with Crippen LogP contribution in [0.5, 0.6) is 0 Å². The first-order valence-corrected chi connectivity index (χ1v) is 7.71. The first kappa shape index (κ1) is 14.0. The van der Waals surface area contributed by atoms with E-state index < -0.39 is 0 Å². The van der Waals surface area contributed by atoms with Crippen LogP contribution in [0.3, 0.4) is 0 Å². The Kier molecular flexibility index (Phi) is 4.06. The lowest BCUT2D eigenvalue weighted by atomic mass is 9.94. The molecule has 1 aliphatic heterocycles. The van der Waals surface area contributed by atoms with Crippen LogP contribution in [-0.4, -0.2) is 18.6 Å². The Morgan fingerprint density at radius 3 is 2.70 bits per heavy atom. The number of hydrogen-bond acceptors (Lipinski definition) is 3. The minimum absolute atomic E-state index is 0.172. The molecular weight excluding hydrogens is 253 g/mol. The lowest BCUT2D eigenvalue weighted by Gasteiger charge is -2.23. The number of hydrogen-bond donors (Lipinski definition) is 3. The Hall–Kier alpha value is -0.970. The second-order valence-electron chi connectivity index (χ2n) is 6.23. The monoisotopic (exact) mass is 277 g/mol. The molecule has 1 aliphatic carbocycles. The predicted molar refractivity (Wildman–Crippen MR) is 78.6 cm³/mol. The largest absolute Gasteiger partial charge is 0.311 e. The van der Waals surface area contributed by atoms with Crippen LogP contribution in [0.2, 0.25) is 0 Å². The summed E-state index contributed by atoms with van der Waals surface area (Å²) in [5.74, 6) is 0.337. The summed E-state index contributed by atoms with van der Waals surface area (Å²) in [7, 11) is 0. The van der Waals surface area contributed by atoms with Crippen LogP contribution in [0, 0.1) is 11.7 Å². The third kappa shape index (κ3) is 3.03. The highest BCUT2D eigenvalue weighted by Gasteiger charge is 2.42. The van der Waals surface area contributed by atoms with E-state index in [1.54, 1.807) is 12.1 Å². The van der Waals surface area contributed by atoms with Gasteiger partial charge in [-0.2, -0.15) is 0 Å². The summed E-state index contributed by atoms with van der Waals surface area (Å²) in [6, 6.07) is 7.11. The highest BCUT2D eigenvalue weighted by atomic mass is 19.1. The number of nitrogens with one attached hydrogen (secondary N) is 3. The molecule has 0 spiro atoms. The fraction of sp³-hybridized carbons (Fsp3) is 0.625. The molecule has 2 atom stereocenters. The Labute approximate surface area is 120 Å². The minimum atomic E-state index is -0.172. The van der Waals surface area contributed by atoms with Gasteiger partial charge in [0.2, 0.25) is 0 Å². The molecule has 0 aromatic heterocycles. The maximum atomic E-state index is 13.0. The van der Waals surface area contributed by atoms with Gasteiger partial charge in [-0.05, 0) is 37.0 Å². The standard InChI is InChI=1S/C16H24FN3/c1-2-7-16(8-9-16)18-10-13-11-19-20-15(13)12-3-5-14(17)6-4-12/h3-6,13,15,18-20H,2,7-11H2,1H3. The van der Waals surface area contributed by atoms with Gasteiger partial charge in [0.05, 0.1) is 6.04 Å². The highest BCUT2D eigenvalue weighted by Crippen LogP contribution is 2.40. The number of hydrazine groups is 1. The highest BCUT2D eigenvalue weighted by molar-refractivity contribution is 5.21. The van der Waals surface area contributed by atoms with Gasteiger partial charge in [0.15, 0.2) is 0 Å². The molecule has 2 unspecified atom stereocenters. The van der Waals surface area contributed by atoms with Crippen molar-refractivity contribution in [2.45, 2.75) is 44.2 Å². The predicted octanol–water partition coefficient (Wildman–Crippen LogP) is 2.51. The molecule has 1 heterocycles. The maximum Gasteiger partial charge on any atom is 0.123 e. The topological polar surface area (TPSA) is 36.1 Å². The molecule has 3 nitrogen and oxygen atoms in total. The third-order valence-corrected chi connectivity index (χ3v) is 4.64. The van der Waals surface area contributed by atoms with Crippen LogP contribution in [-0.2, 0) is 0 Å². The van der Waals surface area contributed by atoms with E-state index in [0.717, 1.165) is 18.7 Å². The number of halogens is 1. The summed E-state index contributed by atoms with van der Waals surface area (Å²) in [6.07, 6.45) is 5.16. The summed E-state index contributed by atoms with van der Waals surface area (Å²) in [5.41, 5.74) is 8.14. The fourth-order valence-corrected chi connectivity index (χ4v) is 3.24. The lowest BCUT2D eigenvalue weighted by Crippen LogP contribution is -2.37. The second kappa shape index (κ2) is 5.80. The fourth-order valence-electron chi connectivity index (χ4n) is 3.24. The molecule has 1 saturated carbocycles. The molecule has 3 N–H and O–H groups in total. The molecule has 1 aromatic carbocycles. The Morgan fingerprint density at radius 2 is 2.05 bits per heavy atom. The van der Waals surface area contributed by atoms with E-state index in [4.69, 9.17) is 0 Å². The molecule has 2 aliphatic rings. The molecule has 1 saturated heterocycles. The molecule has 0 amide bonds. The zero-order valence-corrected chi connectivity index (χ0v) is 12.1. The minimum Gasteiger partial charge on any atom is -0.311 e. The van der Waals surface area contributed by atoms with Gasteiger partial charge in [-0.25, -0.2) is 9.82 Å². The molecule has 110 valence electrons. The average molecular weight is 277 g/mol. The molecule has 2 fully saturated rings. The van der Waals surface area contributed by atoms with Crippen LogP contribution in [0.4, 0.5) is 4.39 Å². The lowest BCUT2D eigenvalue weighted by molar-refractivity contribution is 0.380. The zero-order chi connectivity index (χ0) is 14.0. The second-order valence-corrected chi connectivity index (χ2v) is 6.23. The van der Waals surface area contributed by atoms with Crippen molar-refractivity contribution in [1.82, 2.24) is 16.2 Å². The Balaban J connectivity index is 1.60. The quantitative estimate of drug-likeness (QED) is 0.748. The third-order valence-electron chi connectivity index (χ3n) is 4.64. The number of benzene rings is 1. The van der Waals surface area contributed by atoms with E-state index >= 15 is 0 Å². The van der Waals surface area contributed by atoms with E-state index in [1.165, 1.54) is 25.7 Å². The first-order chi connectivity index (χ1) is 9.72. The van der Waals surface area contributed by atoms with E-state index in [9.17, 15) is 4.39 Å². The van der Waals surface area contributed by atoms with Gasteiger partial charge in [-0.3, -0.25) is 5.43 Å². The van der Waals surface area contributed by atoms with Gasteiger partial charge < -0.3 is 5.32 Å². The smallest absolute Gasteiger partial charge is 0.123 e. The Morgan fingerprint density at radius 1 is 1.30 bits per heavy atom. The van der Waals surface area contributed by atoms with Gasteiger partial charge in [0.25, 0.3) is 0 Å². The normalized spacial score (nSPS) is 27.7. The molecule has 20 heavy (non-hydrogen) atoms. The maximum absolute atomic E-state index is 13.0. The summed E-state index contributed by atoms with van der Waals surface area (Å²) >= 11 is 0. The van der Waals surface area contributed by atoms with E-state index in [0.29, 0.717) is 11.5 Å². The molecule has 1 aromatic rings. The van der Waals surface area contributed by atoms with Gasteiger partial charge in [0.1, 0.15) is 5.82 Å². The van der Waals surface area contributed by atoms with Crippen molar-refractivity contribution >= 4 is 0 Å². The SMILES string of the molecule is CCCC1(NCC2CNNC2c2ccc(F)cc2)CC1. The van der Waals surface area contributed by atoms with Gasteiger partial charge in [0, 0.05) is 24.5 Å². The van der Waals surface area contributed by atoms with Gasteiger partial charge in [-0.15, -0.1) is 0 Å². The van der Waals surface area contributed by atoms with Gasteiger partial charge >= 0.3 is 0 Å². The van der Waals surface area contributed by atoms with E-state index in [1.807, 2.05) is 12.1 Å². The molecule has 4 heteroatoms. The summed E-state index contributed by atoms with van der Waals surface area (Å²) < 4.78 is 13.0.